The molecule has 0 saturated heterocycles. The highest BCUT2D eigenvalue weighted by atomic mass is 16.5. The largest absolute Gasteiger partial charge is 0.489 e. The maximum Gasteiger partial charge on any atom is 0.150 e. The summed E-state index contributed by atoms with van der Waals surface area (Å²) < 4.78 is 7.91. The minimum atomic E-state index is -0.583. The molecule has 27 heavy (non-hydrogen) atoms. The van der Waals surface area contributed by atoms with Crippen LogP contribution in [-0.4, -0.2) is 41.8 Å². The fourth-order valence-corrected chi connectivity index (χ4v) is 3.07. The number of ether oxygens (including phenoxy) is 1. The van der Waals surface area contributed by atoms with Crippen LogP contribution in [0, 0.1) is 5.92 Å². The molecule has 0 aliphatic carbocycles. The van der Waals surface area contributed by atoms with Gasteiger partial charge in [-0.05, 0) is 36.7 Å². The zero-order valence-corrected chi connectivity index (χ0v) is 15.8. The van der Waals surface area contributed by atoms with Crippen LogP contribution in [0.4, 0.5) is 0 Å². The molecule has 1 atom stereocenters. The molecule has 0 amide bonds. The Bertz CT molecular complexity index is 901. The van der Waals surface area contributed by atoms with Gasteiger partial charge in [0.1, 0.15) is 18.5 Å². The lowest BCUT2D eigenvalue weighted by Crippen LogP contribution is -2.33. The number of nitrogens with zero attached hydrogens (tertiary/aromatic N) is 1. The van der Waals surface area contributed by atoms with Gasteiger partial charge < -0.3 is 19.7 Å². The highest BCUT2D eigenvalue weighted by molar-refractivity contribution is 5.97. The van der Waals surface area contributed by atoms with Crippen molar-refractivity contribution in [3.8, 4) is 11.4 Å². The average molecular weight is 366 g/mol. The molecule has 5 nitrogen and oxygen atoms in total. The summed E-state index contributed by atoms with van der Waals surface area (Å²) in [6.45, 7) is 5.82. The fraction of sp³-hybridized carbons (Fsp3) is 0.318. The zero-order chi connectivity index (χ0) is 19.2. The van der Waals surface area contributed by atoms with Crippen LogP contribution in [0.3, 0.4) is 0 Å². The number of aromatic nitrogens is 1. The molecule has 5 heteroatoms. The second-order valence-corrected chi connectivity index (χ2v) is 7.07. The number of nitrogens with one attached hydrogen (secondary N) is 1. The highest BCUT2D eigenvalue weighted by Crippen LogP contribution is 2.28. The number of aliphatic hydroxyl groups excluding tert-OH is 1. The molecule has 3 aromatic rings. The maximum absolute atomic E-state index is 11.3. The van der Waals surface area contributed by atoms with E-state index in [-0.39, 0.29) is 6.61 Å². The van der Waals surface area contributed by atoms with E-state index in [1.54, 1.807) is 0 Å². The van der Waals surface area contributed by atoms with E-state index < -0.39 is 6.10 Å². The summed E-state index contributed by atoms with van der Waals surface area (Å²) in [5.41, 5.74) is 2.48. The maximum atomic E-state index is 11.3. The van der Waals surface area contributed by atoms with Crippen LogP contribution >= 0.6 is 0 Å². The van der Waals surface area contributed by atoms with E-state index >= 15 is 0 Å². The summed E-state index contributed by atoms with van der Waals surface area (Å²) in [7, 11) is 0. The Hall–Kier alpha value is -2.63. The van der Waals surface area contributed by atoms with E-state index in [0.29, 0.717) is 23.8 Å². The minimum Gasteiger partial charge on any atom is -0.489 e. The number of hydrogen-bond donors (Lipinski definition) is 2. The van der Waals surface area contributed by atoms with Gasteiger partial charge in [-0.25, -0.2) is 0 Å². The first-order valence-corrected chi connectivity index (χ1v) is 9.26. The van der Waals surface area contributed by atoms with E-state index in [9.17, 15) is 9.90 Å². The lowest BCUT2D eigenvalue weighted by Gasteiger charge is -2.17. The topological polar surface area (TPSA) is 63.5 Å². The van der Waals surface area contributed by atoms with Gasteiger partial charge in [0, 0.05) is 23.7 Å². The number of aldehydes is 1. The molecular weight excluding hydrogens is 340 g/mol. The van der Waals surface area contributed by atoms with Crippen molar-refractivity contribution in [2.24, 2.45) is 5.92 Å². The second-order valence-electron chi connectivity index (χ2n) is 7.07. The Morgan fingerprint density at radius 2 is 1.93 bits per heavy atom. The van der Waals surface area contributed by atoms with Crippen molar-refractivity contribution >= 4 is 17.2 Å². The Morgan fingerprint density at radius 1 is 1.11 bits per heavy atom. The predicted octanol–water partition coefficient (Wildman–Crippen LogP) is 3.43. The summed E-state index contributed by atoms with van der Waals surface area (Å²) in [6.07, 6.45) is 2.22. The van der Waals surface area contributed by atoms with Crippen molar-refractivity contribution in [3.63, 3.8) is 0 Å². The number of benzene rings is 2. The number of para-hydroxylation sites is 2. The average Bonchev–Trinajstić information content (AvgIpc) is 3.10. The SMILES string of the molecule is CC(C)CNCC(O)COc1ccccc1-n1ccc2c(C=O)cccc21. The van der Waals surface area contributed by atoms with Crippen molar-refractivity contribution in [2.75, 3.05) is 19.7 Å². The zero-order valence-electron chi connectivity index (χ0n) is 15.8. The van der Waals surface area contributed by atoms with E-state index in [0.717, 1.165) is 29.4 Å². The van der Waals surface area contributed by atoms with E-state index in [2.05, 4.69) is 19.2 Å². The van der Waals surface area contributed by atoms with Crippen LogP contribution in [0.25, 0.3) is 16.6 Å². The molecule has 0 aliphatic rings. The number of hydrogen-bond acceptors (Lipinski definition) is 4. The molecule has 0 saturated carbocycles. The Morgan fingerprint density at radius 3 is 2.70 bits per heavy atom. The van der Waals surface area contributed by atoms with Gasteiger partial charge in [0.15, 0.2) is 6.29 Å². The van der Waals surface area contributed by atoms with Crippen molar-refractivity contribution in [1.82, 2.24) is 9.88 Å². The van der Waals surface area contributed by atoms with Gasteiger partial charge in [-0.1, -0.05) is 38.1 Å². The van der Waals surface area contributed by atoms with Crippen LogP contribution in [0.5, 0.6) is 5.75 Å². The lowest BCUT2D eigenvalue weighted by atomic mass is 10.1. The standard InChI is InChI=1S/C22H26N2O3/c1-16(2)12-23-13-18(26)15-27-22-9-4-3-7-21(22)24-11-10-19-17(14-25)6-5-8-20(19)24/h3-11,14,16,18,23,26H,12-13,15H2,1-2H3. The fourth-order valence-electron chi connectivity index (χ4n) is 3.07. The highest BCUT2D eigenvalue weighted by Gasteiger charge is 2.12. The summed E-state index contributed by atoms with van der Waals surface area (Å²) in [4.78, 5) is 11.3. The quantitative estimate of drug-likeness (QED) is 0.570. The van der Waals surface area contributed by atoms with Gasteiger partial charge in [0.05, 0.1) is 11.2 Å². The van der Waals surface area contributed by atoms with Crippen molar-refractivity contribution < 1.29 is 14.6 Å². The summed E-state index contributed by atoms with van der Waals surface area (Å²) in [6, 6.07) is 15.3. The number of aliphatic hydroxyl groups is 1. The third kappa shape index (κ3) is 4.56. The molecule has 0 bridgehead atoms. The van der Waals surface area contributed by atoms with E-state index in [1.165, 1.54) is 0 Å². The monoisotopic (exact) mass is 366 g/mol. The van der Waals surface area contributed by atoms with Gasteiger partial charge in [-0.2, -0.15) is 0 Å². The smallest absolute Gasteiger partial charge is 0.150 e. The predicted molar refractivity (Wildman–Crippen MR) is 108 cm³/mol. The van der Waals surface area contributed by atoms with Crippen molar-refractivity contribution in [3.05, 3.63) is 60.3 Å². The Balaban J connectivity index is 1.78. The lowest BCUT2D eigenvalue weighted by molar-refractivity contribution is 0.106. The number of carbonyl (C=O) groups excluding carboxylic acids is 1. The van der Waals surface area contributed by atoms with Gasteiger partial charge >= 0.3 is 0 Å². The molecule has 2 N–H and O–H groups in total. The molecule has 1 aromatic heterocycles. The van der Waals surface area contributed by atoms with E-state index in [1.807, 2.05) is 59.3 Å². The first-order chi connectivity index (χ1) is 13.1. The summed E-state index contributed by atoms with van der Waals surface area (Å²) >= 11 is 0. The third-order valence-electron chi connectivity index (χ3n) is 4.38. The molecule has 3 rings (SSSR count). The molecular formula is C22H26N2O3. The van der Waals surface area contributed by atoms with Crippen LogP contribution in [0.15, 0.2) is 54.7 Å². The number of fused-ring (bicyclic) bond motifs is 1. The Kier molecular flexibility index (Phi) is 6.27. The first kappa shape index (κ1) is 19.1. The van der Waals surface area contributed by atoms with Gasteiger partial charge in [-0.15, -0.1) is 0 Å². The molecule has 2 aromatic carbocycles. The molecule has 1 heterocycles. The second kappa shape index (κ2) is 8.84. The number of rotatable bonds is 9. The van der Waals surface area contributed by atoms with Crippen LogP contribution in [0.1, 0.15) is 24.2 Å². The van der Waals surface area contributed by atoms with Crippen LogP contribution in [0.2, 0.25) is 0 Å². The molecule has 1 unspecified atom stereocenters. The molecule has 0 spiro atoms. The normalized spacial score (nSPS) is 12.4. The first-order valence-electron chi connectivity index (χ1n) is 9.26. The summed E-state index contributed by atoms with van der Waals surface area (Å²) in [5, 5.41) is 14.3. The van der Waals surface area contributed by atoms with Crippen molar-refractivity contribution in [2.45, 2.75) is 20.0 Å². The minimum absolute atomic E-state index is 0.209. The van der Waals surface area contributed by atoms with Crippen LogP contribution < -0.4 is 10.1 Å². The third-order valence-corrected chi connectivity index (χ3v) is 4.38. The van der Waals surface area contributed by atoms with Crippen molar-refractivity contribution in [1.29, 1.82) is 0 Å². The molecule has 0 radical (unpaired) electrons. The van der Waals surface area contributed by atoms with Gasteiger partial charge in [-0.3, -0.25) is 4.79 Å². The molecule has 0 fully saturated rings. The van der Waals surface area contributed by atoms with E-state index in [4.69, 9.17) is 4.74 Å². The number of carbonyl (C=O) groups is 1. The Labute approximate surface area is 159 Å². The van der Waals surface area contributed by atoms with Gasteiger partial charge in [0.2, 0.25) is 0 Å². The molecule has 142 valence electrons. The van der Waals surface area contributed by atoms with Crippen LogP contribution in [-0.2, 0) is 0 Å². The van der Waals surface area contributed by atoms with Gasteiger partial charge in [0.25, 0.3) is 0 Å². The molecule has 0 aliphatic heterocycles. The summed E-state index contributed by atoms with van der Waals surface area (Å²) in [5.74, 6) is 1.23.